The van der Waals surface area contributed by atoms with Crippen LogP contribution in [0.2, 0.25) is 20.1 Å². The average molecular weight is 607 g/mol. The van der Waals surface area contributed by atoms with Crippen molar-refractivity contribution in [2.24, 2.45) is 20.7 Å². The number of hydrogen-bond donors (Lipinski definition) is 1. The van der Waals surface area contributed by atoms with E-state index in [9.17, 15) is 9.90 Å². The molecule has 5 aromatic carbocycles. The maximum absolute atomic E-state index is 13.6. The third-order valence-electron chi connectivity index (χ3n) is 6.29. The number of fused-ring (bicyclic) bond motifs is 5. The molecule has 0 atom stereocenters. The highest BCUT2D eigenvalue weighted by atomic mass is 35.5. The Hall–Kier alpha value is -4.01. The van der Waals surface area contributed by atoms with Crippen LogP contribution in [-0.4, -0.2) is 16.1 Å². The van der Waals surface area contributed by atoms with Crippen LogP contribution < -0.4 is 0 Å². The van der Waals surface area contributed by atoms with Gasteiger partial charge in [0, 0.05) is 21.2 Å². The van der Waals surface area contributed by atoms with Crippen LogP contribution in [0.5, 0.6) is 5.75 Å². The first-order valence-corrected chi connectivity index (χ1v) is 13.3. The molecule has 1 amide bonds. The topological polar surface area (TPSA) is 90.0 Å². The first-order chi connectivity index (χ1) is 19.3. The molecule has 0 fully saturated rings. The minimum absolute atomic E-state index is 0.0668. The summed E-state index contributed by atoms with van der Waals surface area (Å²) in [5.41, 5.74) is 3.07. The second-order valence-electron chi connectivity index (χ2n) is 8.84. The molecule has 1 N–H and O–H groups in total. The van der Waals surface area contributed by atoms with Gasteiger partial charge in [-0.25, -0.2) is 0 Å². The summed E-state index contributed by atoms with van der Waals surface area (Å²) in [5, 5.41) is 30.4. The van der Waals surface area contributed by atoms with Gasteiger partial charge in [-0.05, 0) is 68.7 Å². The Morgan fingerprint density at radius 2 is 1.12 bits per heavy atom. The van der Waals surface area contributed by atoms with Gasteiger partial charge in [-0.3, -0.25) is 4.79 Å². The summed E-state index contributed by atoms with van der Waals surface area (Å²) in [7, 11) is 0. The third-order valence-corrected chi connectivity index (χ3v) is 7.52. The summed E-state index contributed by atoms with van der Waals surface area (Å²) in [6.07, 6.45) is 0. The minimum Gasteiger partial charge on any atom is -0.507 e. The van der Waals surface area contributed by atoms with E-state index in [1.165, 1.54) is 24.3 Å². The first kappa shape index (κ1) is 26.2. The van der Waals surface area contributed by atoms with Crippen molar-refractivity contribution in [2.45, 2.75) is 0 Å². The monoisotopic (exact) mass is 605 g/mol. The summed E-state index contributed by atoms with van der Waals surface area (Å²) >= 11 is 26.2. The Morgan fingerprint density at radius 3 is 1.62 bits per heavy atom. The van der Waals surface area contributed by atoms with Gasteiger partial charge in [0.15, 0.2) is 0 Å². The van der Waals surface area contributed by atoms with Crippen molar-refractivity contribution in [2.75, 3.05) is 0 Å². The molecule has 5 aromatic rings. The molecule has 0 saturated heterocycles. The second-order valence-corrected chi connectivity index (χ2v) is 10.5. The van der Waals surface area contributed by atoms with Gasteiger partial charge in [-0.1, -0.05) is 100 Å². The molecular formula is C29H15Cl4N5O2. The van der Waals surface area contributed by atoms with E-state index < -0.39 is 5.91 Å². The fraction of sp³-hybridized carbons (Fsp3) is 0. The number of nitrogens with zero attached hydrogens (tertiary/aromatic N) is 5. The van der Waals surface area contributed by atoms with E-state index in [2.05, 4.69) is 20.7 Å². The number of hydrogen-bond acceptors (Lipinski definition) is 6. The molecule has 7 rings (SSSR count). The van der Waals surface area contributed by atoms with Gasteiger partial charge in [0.05, 0.1) is 15.6 Å². The molecule has 0 aromatic heterocycles. The summed E-state index contributed by atoms with van der Waals surface area (Å²) in [4.78, 5) is 13.6. The van der Waals surface area contributed by atoms with Crippen LogP contribution >= 0.6 is 46.4 Å². The molecule has 0 saturated carbocycles. The Labute approximate surface area is 247 Å². The quantitative estimate of drug-likeness (QED) is 0.205. The maximum atomic E-state index is 13.6. The van der Waals surface area contributed by atoms with Crippen LogP contribution in [0.1, 0.15) is 10.4 Å². The lowest BCUT2D eigenvalue weighted by Gasteiger charge is -2.12. The Morgan fingerprint density at radius 1 is 0.650 bits per heavy atom. The molecule has 0 radical (unpaired) electrons. The number of rotatable bonds is 1. The normalized spacial score (nSPS) is 12.4. The van der Waals surface area contributed by atoms with Gasteiger partial charge in [-0.2, -0.15) is 0 Å². The van der Waals surface area contributed by atoms with Crippen molar-refractivity contribution in [3.63, 3.8) is 0 Å². The number of amides is 1. The van der Waals surface area contributed by atoms with Crippen molar-refractivity contribution in [1.82, 2.24) is 5.12 Å². The summed E-state index contributed by atoms with van der Waals surface area (Å²) in [6, 6.07) is 24.2. The van der Waals surface area contributed by atoms with Crippen LogP contribution in [0.15, 0.2) is 106 Å². The Bertz CT molecular complexity index is 1800. The van der Waals surface area contributed by atoms with E-state index in [4.69, 9.17) is 46.4 Å². The second kappa shape index (κ2) is 10.5. The number of carbonyl (C=O) groups is 1. The molecule has 196 valence electrons. The molecule has 11 heteroatoms. The molecule has 2 aliphatic heterocycles. The molecule has 0 spiro atoms. The highest BCUT2D eigenvalue weighted by Crippen LogP contribution is 2.42. The average Bonchev–Trinajstić information content (AvgIpc) is 2.95. The molecule has 2 aliphatic rings. The van der Waals surface area contributed by atoms with Crippen molar-refractivity contribution >= 4 is 74.5 Å². The molecule has 40 heavy (non-hydrogen) atoms. The van der Waals surface area contributed by atoms with E-state index in [1.54, 1.807) is 12.1 Å². The van der Waals surface area contributed by atoms with Gasteiger partial charge in [0.25, 0.3) is 0 Å². The zero-order chi connectivity index (χ0) is 28.0. The molecule has 6 bridgehead atoms. The van der Waals surface area contributed by atoms with Gasteiger partial charge in [0.2, 0.25) is 0 Å². The number of halogens is 4. The lowest BCUT2D eigenvalue weighted by molar-refractivity contribution is 0.0736. The first-order valence-electron chi connectivity index (χ1n) is 11.8. The molecular weight excluding hydrogens is 592 g/mol. The van der Waals surface area contributed by atoms with E-state index in [-0.39, 0.29) is 32.7 Å². The maximum Gasteiger partial charge on any atom is 0.302 e. The van der Waals surface area contributed by atoms with E-state index >= 15 is 0 Å². The van der Waals surface area contributed by atoms with Crippen molar-refractivity contribution in [3.8, 4) is 28.0 Å². The van der Waals surface area contributed by atoms with Gasteiger partial charge in [-0.15, -0.1) is 10.2 Å². The van der Waals surface area contributed by atoms with Crippen molar-refractivity contribution in [3.05, 3.63) is 111 Å². The smallest absolute Gasteiger partial charge is 0.302 e. The molecule has 7 nitrogen and oxygen atoms in total. The SMILES string of the molecule is O=C(c1cc2ccccc2cc1O)N1N=Nc2cc(Cl)cc(c2Cl)-c2ccc(cc2)-c2cc(Cl)cc(c2Cl)N=N1. The summed E-state index contributed by atoms with van der Waals surface area (Å²) in [5.74, 6) is -1.07. The number of phenolic OH excluding ortho intramolecular Hbond substituents is 1. The van der Waals surface area contributed by atoms with Crippen LogP contribution in [0.4, 0.5) is 11.4 Å². The Balaban J connectivity index is 1.56. The number of aromatic hydroxyl groups is 1. The lowest BCUT2D eigenvalue weighted by atomic mass is 9.99. The fourth-order valence-corrected chi connectivity index (χ4v) is 5.27. The Kier molecular flexibility index (Phi) is 6.90. The zero-order valence-corrected chi connectivity index (χ0v) is 23.2. The van der Waals surface area contributed by atoms with Crippen LogP contribution in [-0.2, 0) is 0 Å². The molecule has 0 unspecified atom stereocenters. The summed E-state index contributed by atoms with van der Waals surface area (Å²) in [6.45, 7) is 0. The number of carbonyl (C=O) groups excluding carboxylic acids is 1. The van der Waals surface area contributed by atoms with E-state index in [0.29, 0.717) is 26.3 Å². The van der Waals surface area contributed by atoms with Gasteiger partial charge in [0.1, 0.15) is 17.1 Å². The number of phenols is 1. The van der Waals surface area contributed by atoms with Crippen LogP contribution in [0.3, 0.4) is 0 Å². The standard InChI is InChI=1S/C29H15Cl4N5O2/c30-19-11-21-15-5-6-16(8-7-15)22-12-20(31)14-25(28(22)33)35-37-38(36-34-24(13-19)27(21)32)29(40)23-9-17-3-1-2-4-18(17)10-26(23)39/h1-14,39H. The fourth-order valence-electron chi connectivity index (χ4n) is 4.33. The molecule has 2 heterocycles. The summed E-state index contributed by atoms with van der Waals surface area (Å²) < 4.78 is 0. The predicted molar refractivity (Wildman–Crippen MR) is 158 cm³/mol. The van der Waals surface area contributed by atoms with Crippen molar-refractivity contribution < 1.29 is 9.90 Å². The zero-order valence-electron chi connectivity index (χ0n) is 20.2. The highest BCUT2D eigenvalue weighted by molar-refractivity contribution is 6.38. The minimum atomic E-state index is -0.802. The van der Waals surface area contributed by atoms with Gasteiger partial charge >= 0.3 is 5.91 Å². The van der Waals surface area contributed by atoms with E-state index in [0.717, 1.165) is 21.9 Å². The van der Waals surface area contributed by atoms with Crippen LogP contribution in [0.25, 0.3) is 33.0 Å². The number of benzene rings is 5. The highest BCUT2D eigenvalue weighted by Gasteiger charge is 2.22. The van der Waals surface area contributed by atoms with E-state index in [1.807, 2.05) is 48.5 Å². The largest absolute Gasteiger partial charge is 0.507 e. The van der Waals surface area contributed by atoms with Gasteiger partial charge < -0.3 is 5.11 Å². The van der Waals surface area contributed by atoms with Crippen LogP contribution in [0, 0.1) is 0 Å². The third kappa shape index (κ3) is 4.89. The predicted octanol–water partition coefficient (Wildman–Crippen LogP) is 10.6. The molecule has 0 aliphatic carbocycles. The van der Waals surface area contributed by atoms with Crippen molar-refractivity contribution in [1.29, 1.82) is 0 Å². The lowest BCUT2D eigenvalue weighted by Crippen LogP contribution is -2.19.